The smallest absolute Gasteiger partial charge is 0.303 e. The Balaban J connectivity index is 1.83. The molecule has 0 aliphatic carbocycles. The van der Waals surface area contributed by atoms with Crippen LogP contribution in [0.1, 0.15) is 48.5 Å². The van der Waals surface area contributed by atoms with Crippen LogP contribution in [0.5, 0.6) is 0 Å². The van der Waals surface area contributed by atoms with Crippen LogP contribution < -0.4 is 0 Å². The standard InChI is InChI=1S/C22H36O8/c1-9-10-24-20-12(3)16(18(14(5)26-20)27-15(6)23)28-21-19-17(11(2)13(4)25-21)29-22(7,8)30-19/h9,11-14,16-21H,1,10H2,2-8H3/t11-,12?,13?,14?,16-,17-,18-,19?,20-,21-/m0/s1. The fourth-order valence-electron chi connectivity index (χ4n) is 4.42. The molecule has 3 aliphatic heterocycles. The highest BCUT2D eigenvalue weighted by Gasteiger charge is 2.55. The molecule has 172 valence electrons. The molecule has 10 atom stereocenters. The summed E-state index contributed by atoms with van der Waals surface area (Å²) in [6.45, 7) is 17.1. The molecular weight excluding hydrogens is 392 g/mol. The second-order valence-corrected chi connectivity index (χ2v) is 9.00. The Hall–Kier alpha value is -1.03. The summed E-state index contributed by atoms with van der Waals surface area (Å²) < 4.78 is 42.3. The number of rotatable bonds is 6. The van der Waals surface area contributed by atoms with E-state index in [-0.39, 0.29) is 30.1 Å². The highest BCUT2D eigenvalue weighted by molar-refractivity contribution is 5.66. The Morgan fingerprint density at radius 1 is 0.967 bits per heavy atom. The average Bonchev–Trinajstić information content (AvgIpc) is 2.99. The minimum absolute atomic E-state index is 0.0821. The lowest BCUT2D eigenvalue weighted by molar-refractivity contribution is -0.332. The minimum atomic E-state index is -0.724. The van der Waals surface area contributed by atoms with E-state index in [1.165, 1.54) is 6.92 Å². The number of esters is 1. The maximum Gasteiger partial charge on any atom is 0.303 e. The molecule has 30 heavy (non-hydrogen) atoms. The summed E-state index contributed by atoms with van der Waals surface area (Å²) in [4.78, 5) is 11.8. The summed E-state index contributed by atoms with van der Waals surface area (Å²) in [6, 6.07) is 0. The average molecular weight is 429 g/mol. The number of carbonyl (C=O) groups is 1. The van der Waals surface area contributed by atoms with Crippen molar-refractivity contribution in [1.82, 2.24) is 0 Å². The van der Waals surface area contributed by atoms with Crippen molar-refractivity contribution in [2.24, 2.45) is 11.8 Å². The van der Waals surface area contributed by atoms with Crippen molar-refractivity contribution in [1.29, 1.82) is 0 Å². The van der Waals surface area contributed by atoms with E-state index in [4.69, 9.17) is 33.2 Å². The summed E-state index contributed by atoms with van der Waals surface area (Å²) >= 11 is 0. The first-order valence-electron chi connectivity index (χ1n) is 10.8. The van der Waals surface area contributed by atoms with E-state index in [1.54, 1.807) is 6.08 Å². The molecule has 8 heteroatoms. The van der Waals surface area contributed by atoms with Gasteiger partial charge in [0, 0.05) is 18.8 Å². The maximum atomic E-state index is 11.8. The molecule has 3 aliphatic rings. The molecule has 0 bridgehead atoms. The third-order valence-electron chi connectivity index (χ3n) is 6.09. The number of carbonyl (C=O) groups excluding carboxylic acids is 1. The Morgan fingerprint density at radius 2 is 1.60 bits per heavy atom. The molecule has 4 unspecified atom stereocenters. The Bertz CT molecular complexity index is 622. The SMILES string of the molecule is C=CCO[C@H]1OC(C)[C@H](OC(C)=O)[C@@H](O[C@@H]2OC(C)[C@H](C)[C@@H]3OC(C)(C)OC23)C1C. The summed E-state index contributed by atoms with van der Waals surface area (Å²) in [5.74, 6) is -1.20. The highest BCUT2D eigenvalue weighted by atomic mass is 16.8. The first-order chi connectivity index (χ1) is 14.0. The minimum Gasteiger partial charge on any atom is -0.457 e. The number of hydrogen-bond donors (Lipinski definition) is 0. The van der Waals surface area contributed by atoms with Gasteiger partial charge < -0.3 is 33.2 Å². The third kappa shape index (κ3) is 4.89. The van der Waals surface area contributed by atoms with Crippen molar-refractivity contribution in [3.63, 3.8) is 0 Å². The van der Waals surface area contributed by atoms with Crippen molar-refractivity contribution in [3.8, 4) is 0 Å². The van der Waals surface area contributed by atoms with E-state index in [0.29, 0.717) is 6.61 Å². The van der Waals surface area contributed by atoms with Gasteiger partial charge in [0.15, 0.2) is 24.5 Å². The van der Waals surface area contributed by atoms with Gasteiger partial charge in [-0.05, 0) is 27.7 Å². The molecule has 8 nitrogen and oxygen atoms in total. The van der Waals surface area contributed by atoms with Gasteiger partial charge in [-0.2, -0.15) is 0 Å². The summed E-state index contributed by atoms with van der Waals surface area (Å²) in [6.07, 6.45) is -1.68. The van der Waals surface area contributed by atoms with Gasteiger partial charge in [0.2, 0.25) is 0 Å². The van der Waals surface area contributed by atoms with Gasteiger partial charge in [0.1, 0.15) is 12.2 Å². The van der Waals surface area contributed by atoms with Crippen molar-refractivity contribution in [3.05, 3.63) is 12.7 Å². The molecule has 0 aromatic heterocycles. The van der Waals surface area contributed by atoms with E-state index in [2.05, 4.69) is 13.5 Å². The van der Waals surface area contributed by atoms with Crippen molar-refractivity contribution >= 4 is 5.97 Å². The Kier molecular flexibility index (Phi) is 7.26. The molecule has 0 amide bonds. The van der Waals surface area contributed by atoms with Gasteiger partial charge in [0.25, 0.3) is 0 Å². The molecular formula is C22H36O8. The van der Waals surface area contributed by atoms with E-state index < -0.39 is 42.6 Å². The third-order valence-corrected chi connectivity index (χ3v) is 6.09. The van der Waals surface area contributed by atoms with Crippen LogP contribution in [0.25, 0.3) is 0 Å². The Labute approximate surface area is 179 Å². The zero-order chi connectivity index (χ0) is 22.2. The zero-order valence-corrected chi connectivity index (χ0v) is 19.0. The highest BCUT2D eigenvalue weighted by Crippen LogP contribution is 2.42. The van der Waals surface area contributed by atoms with Crippen LogP contribution in [0.2, 0.25) is 0 Å². The fraction of sp³-hybridized carbons (Fsp3) is 0.864. The zero-order valence-electron chi connectivity index (χ0n) is 19.0. The molecule has 3 heterocycles. The quantitative estimate of drug-likeness (QED) is 0.472. The van der Waals surface area contributed by atoms with E-state index in [1.807, 2.05) is 34.6 Å². The molecule has 0 saturated carbocycles. The van der Waals surface area contributed by atoms with Crippen LogP contribution in [0.4, 0.5) is 0 Å². The number of fused-ring (bicyclic) bond motifs is 1. The summed E-state index contributed by atoms with van der Waals surface area (Å²) in [7, 11) is 0. The predicted molar refractivity (Wildman–Crippen MR) is 107 cm³/mol. The van der Waals surface area contributed by atoms with Crippen LogP contribution in [0.15, 0.2) is 12.7 Å². The fourth-order valence-corrected chi connectivity index (χ4v) is 4.42. The monoisotopic (exact) mass is 428 g/mol. The van der Waals surface area contributed by atoms with Crippen LogP contribution in [0.3, 0.4) is 0 Å². The Morgan fingerprint density at radius 3 is 2.23 bits per heavy atom. The van der Waals surface area contributed by atoms with E-state index in [9.17, 15) is 4.79 Å². The summed E-state index contributed by atoms with van der Waals surface area (Å²) in [5, 5.41) is 0. The van der Waals surface area contributed by atoms with Crippen LogP contribution >= 0.6 is 0 Å². The van der Waals surface area contributed by atoms with Crippen molar-refractivity contribution in [2.45, 2.75) is 103 Å². The maximum absolute atomic E-state index is 11.8. The molecule has 0 radical (unpaired) electrons. The van der Waals surface area contributed by atoms with Gasteiger partial charge in [-0.3, -0.25) is 4.79 Å². The molecule has 3 saturated heterocycles. The molecule has 3 rings (SSSR count). The van der Waals surface area contributed by atoms with E-state index >= 15 is 0 Å². The molecule has 0 N–H and O–H groups in total. The van der Waals surface area contributed by atoms with Crippen LogP contribution in [-0.2, 0) is 38.0 Å². The van der Waals surface area contributed by atoms with Crippen LogP contribution in [0, 0.1) is 11.8 Å². The molecule has 0 aromatic carbocycles. The lowest BCUT2D eigenvalue weighted by Crippen LogP contribution is -2.60. The number of hydrogen-bond acceptors (Lipinski definition) is 8. The van der Waals surface area contributed by atoms with Crippen molar-refractivity contribution in [2.75, 3.05) is 6.61 Å². The second kappa shape index (κ2) is 9.22. The molecule has 3 fully saturated rings. The molecule has 0 aromatic rings. The predicted octanol–water partition coefficient (Wildman–Crippen LogP) is 2.79. The first-order valence-corrected chi connectivity index (χ1v) is 10.8. The van der Waals surface area contributed by atoms with Gasteiger partial charge in [-0.15, -0.1) is 6.58 Å². The van der Waals surface area contributed by atoms with Gasteiger partial charge in [-0.25, -0.2) is 0 Å². The lowest BCUT2D eigenvalue weighted by Gasteiger charge is -2.47. The number of ether oxygens (including phenoxy) is 7. The normalized spacial score (nSPS) is 45.6. The topological polar surface area (TPSA) is 81.7 Å². The van der Waals surface area contributed by atoms with Crippen molar-refractivity contribution < 1.29 is 38.0 Å². The molecule has 0 spiro atoms. The van der Waals surface area contributed by atoms with E-state index in [0.717, 1.165) is 0 Å². The van der Waals surface area contributed by atoms with Gasteiger partial charge >= 0.3 is 5.97 Å². The second-order valence-electron chi connectivity index (χ2n) is 9.00. The van der Waals surface area contributed by atoms with Gasteiger partial charge in [0.05, 0.1) is 24.9 Å². The summed E-state index contributed by atoms with van der Waals surface area (Å²) in [5.41, 5.74) is 0. The first kappa shape index (κ1) is 23.6. The largest absolute Gasteiger partial charge is 0.457 e. The lowest BCUT2D eigenvalue weighted by atomic mass is 9.90. The van der Waals surface area contributed by atoms with Crippen LogP contribution in [-0.4, -0.2) is 67.6 Å². The van der Waals surface area contributed by atoms with Gasteiger partial charge in [-0.1, -0.05) is 19.9 Å².